The average molecular weight is 300 g/mol. The number of hydrogen-bond donors (Lipinski definition) is 2. The number of anilines is 2. The fourth-order valence-corrected chi connectivity index (χ4v) is 2.36. The molecule has 2 aromatic heterocycles. The van der Waals surface area contributed by atoms with Crippen LogP contribution in [0.25, 0.3) is 0 Å². The lowest BCUT2D eigenvalue weighted by Crippen LogP contribution is -2.30. The van der Waals surface area contributed by atoms with Crippen molar-refractivity contribution in [3.05, 3.63) is 40.6 Å². The number of hydrogen-bond acceptors (Lipinski definition) is 6. The Balaban J connectivity index is 1.73. The second-order valence-corrected chi connectivity index (χ2v) is 5.07. The van der Waals surface area contributed by atoms with E-state index in [-0.39, 0.29) is 11.3 Å². The van der Waals surface area contributed by atoms with E-state index in [2.05, 4.69) is 30.4 Å². The van der Waals surface area contributed by atoms with E-state index in [0.29, 0.717) is 5.82 Å². The van der Waals surface area contributed by atoms with Crippen molar-refractivity contribution in [2.24, 2.45) is 0 Å². The van der Waals surface area contributed by atoms with Crippen molar-refractivity contribution >= 4 is 17.5 Å². The fourth-order valence-electron chi connectivity index (χ4n) is 2.36. The van der Waals surface area contributed by atoms with Crippen LogP contribution in [0.2, 0.25) is 0 Å². The zero-order chi connectivity index (χ0) is 15.4. The normalized spacial score (nSPS) is 14.6. The Kier molecular flexibility index (Phi) is 4.08. The Morgan fingerprint density at radius 2 is 2.00 bits per heavy atom. The van der Waals surface area contributed by atoms with Gasteiger partial charge in [0, 0.05) is 25.2 Å². The highest BCUT2D eigenvalue weighted by Crippen LogP contribution is 2.19. The molecule has 8 heteroatoms. The van der Waals surface area contributed by atoms with Crippen LogP contribution in [0.4, 0.5) is 11.6 Å². The summed E-state index contributed by atoms with van der Waals surface area (Å²) in [7, 11) is 0. The molecular formula is C14H16N6O2. The SMILES string of the molecule is O=C(Nc1cc(N2CCCCC2)ncn1)c1ccc(=O)[nH]n1. The average Bonchev–Trinajstić information content (AvgIpc) is 2.56. The van der Waals surface area contributed by atoms with E-state index in [0.717, 1.165) is 31.7 Å². The van der Waals surface area contributed by atoms with E-state index in [1.54, 1.807) is 6.07 Å². The standard InChI is InChI=1S/C14H16N6O2/c21-13-5-4-10(18-19-13)14(22)17-11-8-12(16-9-15-11)20-6-2-1-3-7-20/h4-5,8-9H,1-3,6-7H2,(H,19,21)(H,15,16,17,22). The van der Waals surface area contributed by atoms with Crippen LogP contribution < -0.4 is 15.8 Å². The first-order valence-electron chi connectivity index (χ1n) is 7.16. The molecule has 0 saturated carbocycles. The molecule has 0 spiro atoms. The molecule has 22 heavy (non-hydrogen) atoms. The van der Waals surface area contributed by atoms with Gasteiger partial charge in [0.25, 0.3) is 11.5 Å². The molecule has 1 saturated heterocycles. The number of aromatic amines is 1. The maximum absolute atomic E-state index is 12.0. The van der Waals surface area contributed by atoms with Crippen LogP contribution in [0.15, 0.2) is 29.3 Å². The Hall–Kier alpha value is -2.77. The van der Waals surface area contributed by atoms with Gasteiger partial charge >= 0.3 is 0 Å². The highest BCUT2D eigenvalue weighted by molar-refractivity contribution is 6.02. The van der Waals surface area contributed by atoms with Gasteiger partial charge in [0.1, 0.15) is 23.7 Å². The lowest BCUT2D eigenvalue weighted by molar-refractivity contribution is 0.102. The van der Waals surface area contributed by atoms with Crippen LogP contribution in [0.5, 0.6) is 0 Å². The summed E-state index contributed by atoms with van der Waals surface area (Å²) < 4.78 is 0. The summed E-state index contributed by atoms with van der Waals surface area (Å²) in [4.78, 5) is 33.5. The molecule has 1 fully saturated rings. The van der Waals surface area contributed by atoms with Crippen molar-refractivity contribution in [2.45, 2.75) is 19.3 Å². The van der Waals surface area contributed by atoms with Crippen LogP contribution in [-0.4, -0.2) is 39.2 Å². The van der Waals surface area contributed by atoms with Crippen molar-refractivity contribution in [3.63, 3.8) is 0 Å². The Bertz CT molecular complexity index is 703. The van der Waals surface area contributed by atoms with Crippen molar-refractivity contribution < 1.29 is 4.79 Å². The number of H-pyrrole nitrogens is 1. The van der Waals surface area contributed by atoms with E-state index in [4.69, 9.17) is 0 Å². The Labute approximate surface area is 126 Å². The second-order valence-electron chi connectivity index (χ2n) is 5.07. The number of piperidine rings is 1. The molecular weight excluding hydrogens is 284 g/mol. The topological polar surface area (TPSA) is 104 Å². The number of aromatic nitrogens is 4. The van der Waals surface area contributed by atoms with Crippen LogP contribution >= 0.6 is 0 Å². The molecule has 0 aromatic carbocycles. The second kappa shape index (κ2) is 6.33. The number of nitrogens with one attached hydrogen (secondary N) is 2. The van der Waals surface area contributed by atoms with Gasteiger partial charge in [-0.1, -0.05) is 0 Å². The zero-order valence-corrected chi connectivity index (χ0v) is 12.0. The van der Waals surface area contributed by atoms with E-state index in [1.165, 1.54) is 24.9 Å². The maximum Gasteiger partial charge on any atom is 0.277 e. The third kappa shape index (κ3) is 3.27. The third-order valence-corrected chi connectivity index (χ3v) is 3.49. The van der Waals surface area contributed by atoms with Gasteiger partial charge in [-0.05, 0) is 25.3 Å². The predicted octanol–water partition coefficient (Wildman–Crippen LogP) is 0.802. The summed E-state index contributed by atoms with van der Waals surface area (Å²) >= 11 is 0. The monoisotopic (exact) mass is 300 g/mol. The minimum absolute atomic E-state index is 0.123. The van der Waals surface area contributed by atoms with Crippen molar-refractivity contribution in [1.82, 2.24) is 20.2 Å². The summed E-state index contributed by atoms with van der Waals surface area (Å²) in [6.45, 7) is 1.93. The summed E-state index contributed by atoms with van der Waals surface area (Å²) in [6, 6.07) is 4.36. The van der Waals surface area contributed by atoms with Gasteiger partial charge in [-0.3, -0.25) is 9.59 Å². The first kappa shape index (κ1) is 14.2. The summed E-state index contributed by atoms with van der Waals surface area (Å²) in [5.41, 5.74) is -0.233. The van der Waals surface area contributed by atoms with Crippen molar-refractivity contribution in [2.75, 3.05) is 23.3 Å². The van der Waals surface area contributed by atoms with Crippen molar-refractivity contribution in [3.8, 4) is 0 Å². The number of nitrogens with zero attached hydrogens (tertiary/aromatic N) is 4. The molecule has 1 amide bonds. The zero-order valence-electron chi connectivity index (χ0n) is 12.0. The molecule has 1 aliphatic heterocycles. The number of carbonyl (C=O) groups excluding carboxylic acids is 1. The highest BCUT2D eigenvalue weighted by Gasteiger charge is 2.14. The molecule has 2 N–H and O–H groups in total. The first-order chi connectivity index (χ1) is 10.7. The van der Waals surface area contributed by atoms with Crippen LogP contribution in [0, 0.1) is 0 Å². The Morgan fingerprint density at radius 3 is 2.73 bits per heavy atom. The molecule has 3 heterocycles. The lowest BCUT2D eigenvalue weighted by Gasteiger charge is -2.27. The molecule has 0 aliphatic carbocycles. The van der Waals surface area contributed by atoms with Crippen molar-refractivity contribution in [1.29, 1.82) is 0 Å². The fraction of sp³-hybridized carbons (Fsp3) is 0.357. The van der Waals surface area contributed by atoms with Gasteiger partial charge in [0.05, 0.1) is 0 Å². The molecule has 114 valence electrons. The maximum atomic E-state index is 12.0. The molecule has 0 radical (unpaired) electrons. The van der Waals surface area contributed by atoms with Gasteiger partial charge in [0.2, 0.25) is 0 Å². The molecule has 3 rings (SSSR count). The summed E-state index contributed by atoms with van der Waals surface area (Å²) in [6.07, 6.45) is 4.96. The quantitative estimate of drug-likeness (QED) is 0.869. The molecule has 0 bridgehead atoms. The van der Waals surface area contributed by atoms with Crippen LogP contribution in [0.1, 0.15) is 29.8 Å². The molecule has 1 aliphatic rings. The minimum atomic E-state index is -0.431. The number of rotatable bonds is 3. The van der Waals surface area contributed by atoms with E-state index in [9.17, 15) is 9.59 Å². The van der Waals surface area contributed by atoms with Gasteiger partial charge in [0.15, 0.2) is 0 Å². The third-order valence-electron chi connectivity index (χ3n) is 3.49. The summed E-state index contributed by atoms with van der Waals surface area (Å²) in [5.74, 6) is 0.785. The largest absolute Gasteiger partial charge is 0.356 e. The smallest absolute Gasteiger partial charge is 0.277 e. The van der Waals surface area contributed by atoms with Crippen LogP contribution in [-0.2, 0) is 0 Å². The predicted molar refractivity (Wildman–Crippen MR) is 80.9 cm³/mol. The van der Waals surface area contributed by atoms with E-state index >= 15 is 0 Å². The highest BCUT2D eigenvalue weighted by atomic mass is 16.2. The molecule has 0 atom stereocenters. The molecule has 2 aromatic rings. The molecule has 0 unspecified atom stereocenters. The minimum Gasteiger partial charge on any atom is -0.356 e. The number of carbonyl (C=O) groups is 1. The van der Waals surface area contributed by atoms with Gasteiger partial charge in [-0.2, -0.15) is 5.10 Å². The first-order valence-corrected chi connectivity index (χ1v) is 7.16. The summed E-state index contributed by atoms with van der Waals surface area (Å²) in [5, 5.41) is 8.56. The van der Waals surface area contributed by atoms with Gasteiger partial charge in [-0.25, -0.2) is 15.1 Å². The van der Waals surface area contributed by atoms with Gasteiger partial charge < -0.3 is 10.2 Å². The van der Waals surface area contributed by atoms with E-state index < -0.39 is 5.91 Å². The lowest BCUT2D eigenvalue weighted by atomic mass is 10.1. The van der Waals surface area contributed by atoms with E-state index in [1.807, 2.05) is 0 Å². The van der Waals surface area contributed by atoms with Gasteiger partial charge in [-0.15, -0.1) is 0 Å². The Morgan fingerprint density at radius 1 is 1.18 bits per heavy atom. The molecule has 8 nitrogen and oxygen atoms in total. The van der Waals surface area contributed by atoms with Crippen LogP contribution in [0.3, 0.4) is 0 Å². The number of amides is 1.